The molecule has 3 atom stereocenters. The highest BCUT2D eigenvalue weighted by Gasteiger charge is 2.52. The van der Waals surface area contributed by atoms with Gasteiger partial charge < -0.3 is 20.7 Å². The Bertz CT molecular complexity index is 1790. The molecule has 0 bridgehead atoms. The summed E-state index contributed by atoms with van der Waals surface area (Å²) in [5.74, 6) is -15.7. The van der Waals surface area contributed by atoms with Crippen LogP contribution in [0.3, 0.4) is 0 Å². The Hall–Kier alpha value is -4.63. The van der Waals surface area contributed by atoms with Crippen molar-refractivity contribution < 1.29 is 55.1 Å². The molecule has 0 aliphatic heterocycles. The van der Waals surface area contributed by atoms with Crippen LogP contribution in [0.4, 0.5) is 26.3 Å². The van der Waals surface area contributed by atoms with Gasteiger partial charge in [0.05, 0.1) is 17.7 Å². The molecule has 0 spiro atoms. The number of carbonyl (C=O) groups excluding carboxylic acids is 5. The maximum Gasteiger partial charge on any atom is 0.405 e. The van der Waals surface area contributed by atoms with Gasteiger partial charge in [-0.1, -0.05) is 61.3 Å². The number of Topliss-reactive ketones (excluding diaryl/α,β-unsaturated/α-hetero) is 2. The fraction of sp³-hybridized carbons (Fsp3) is 0.343. The van der Waals surface area contributed by atoms with Gasteiger partial charge in [-0.15, -0.1) is 0 Å². The smallest absolute Gasteiger partial charge is 0.405 e. The molecule has 0 saturated carbocycles. The van der Waals surface area contributed by atoms with E-state index in [0.717, 1.165) is 17.4 Å². The van der Waals surface area contributed by atoms with Crippen LogP contribution in [0.5, 0.6) is 5.75 Å². The zero-order valence-electron chi connectivity index (χ0n) is 27.8. The molecular weight excluding hydrogens is 743 g/mol. The lowest BCUT2D eigenvalue weighted by Gasteiger charge is -2.27. The molecule has 9 nitrogen and oxygen atoms in total. The van der Waals surface area contributed by atoms with Crippen molar-refractivity contribution in [1.29, 1.82) is 0 Å². The second-order valence-corrected chi connectivity index (χ2v) is 12.8. The Morgan fingerprint density at radius 3 is 2.10 bits per heavy atom. The van der Waals surface area contributed by atoms with Crippen LogP contribution in [-0.2, 0) is 25.6 Å². The van der Waals surface area contributed by atoms with Crippen LogP contribution in [0.1, 0.15) is 47.8 Å². The second-order valence-electron chi connectivity index (χ2n) is 12.0. The van der Waals surface area contributed by atoms with Gasteiger partial charge in [-0.2, -0.15) is 22.0 Å². The van der Waals surface area contributed by atoms with Gasteiger partial charge in [0.2, 0.25) is 11.7 Å². The monoisotopic (exact) mass is 775 g/mol. The third-order valence-electron chi connectivity index (χ3n) is 7.79. The molecule has 0 heterocycles. The SMILES string of the molecule is COc1ccc([C@H](NC(=O)[C@H](Cc2cccc(F)c2)NC(=O)c2cc(Cl)ccc2Cl)C(=O)C[C@H](C(=O)C(F)(F)C(=O)NCC(F)(F)F)C(C)C)cc1. The number of carbonyl (C=O) groups is 5. The minimum absolute atomic E-state index is 0.0219. The number of amides is 3. The number of hydrogen-bond donors (Lipinski definition) is 3. The quantitative estimate of drug-likeness (QED) is 0.113. The third kappa shape index (κ3) is 11.4. The van der Waals surface area contributed by atoms with E-state index in [-0.39, 0.29) is 33.2 Å². The molecule has 3 aromatic rings. The van der Waals surface area contributed by atoms with Gasteiger partial charge in [-0.25, -0.2) is 4.39 Å². The molecular formula is C35H33Cl2F6N3O6. The van der Waals surface area contributed by atoms with Crippen LogP contribution in [0.25, 0.3) is 0 Å². The Labute approximate surface area is 304 Å². The summed E-state index contributed by atoms with van der Waals surface area (Å²) in [5, 5.41) is 6.06. The van der Waals surface area contributed by atoms with E-state index >= 15 is 0 Å². The van der Waals surface area contributed by atoms with Crippen molar-refractivity contribution in [3.63, 3.8) is 0 Å². The number of nitrogens with one attached hydrogen (secondary N) is 3. The van der Waals surface area contributed by atoms with Crippen molar-refractivity contribution in [2.24, 2.45) is 11.8 Å². The largest absolute Gasteiger partial charge is 0.497 e. The highest BCUT2D eigenvalue weighted by molar-refractivity contribution is 6.35. The normalized spacial score (nSPS) is 13.5. The first-order valence-corrected chi connectivity index (χ1v) is 16.2. The van der Waals surface area contributed by atoms with E-state index in [0.29, 0.717) is 5.75 Å². The maximum absolute atomic E-state index is 14.9. The lowest BCUT2D eigenvalue weighted by Crippen LogP contribution is -2.52. The molecule has 0 aliphatic carbocycles. The van der Waals surface area contributed by atoms with Crippen molar-refractivity contribution >= 4 is 52.5 Å². The molecule has 3 N–H and O–H groups in total. The van der Waals surface area contributed by atoms with Gasteiger partial charge in [0.25, 0.3) is 11.8 Å². The maximum atomic E-state index is 14.9. The van der Waals surface area contributed by atoms with Crippen LogP contribution in [-0.4, -0.2) is 61.1 Å². The van der Waals surface area contributed by atoms with E-state index < -0.39 is 84.1 Å². The lowest BCUT2D eigenvalue weighted by molar-refractivity contribution is -0.167. The first-order valence-electron chi connectivity index (χ1n) is 15.5. The molecule has 280 valence electrons. The first-order chi connectivity index (χ1) is 24.2. The van der Waals surface area contributed by atoms with Crippen molar-refractivity contribution in [2.75, 3.05) is 13.7 Å². The van der Waals surface area contributed by atoms with Gasteiger partial charge in [-0.05, 0) is 59.5 Å². The highest BCUT2D eigenvalue weighted by Crippen LogP contribution is 2.31. The van der Waals surface area contributed by atoms with Crippen LogP contribution >= 0.6 is 23.2 Å². The summed E-state index contributed by atoms with van der Waals surface area (Å²) in [6.45, 7) is 0.445. The average Bonchev–Trinajstić information content (AvgIpc) is 3.08. The first kappa shape index (κ1) is 41.8. The van der Waals surface area contributed by atoms with Gasteiger partial charge in [0.1, 0.15) is 30.2 Å². The van der Waals surface area contributed by atoms with Gasteiger partial charge in [-0.3, -0.25) is 24.0 Å². The molecule has 3 rings (SSSR count). The number of hydrogen-bond acceptors (Lipinski definition) is 6. The van der Waals surface area contributed by atoms with Crippen LogP contribution in [0.15, 0.2) is 66.7 Å². The molecule has 52 heavy (non-hydrogen) atoms. The summed E-state index contributed by atoms with van der Waals surface area (Å²) in [4.78, 5) is 66.1. The second kappa shape index (κ2) is 17.7. The van der Waals surface area contributed by atoms with Crippen LogP contribution < -0.4 is 20.7 Å². The molecule has 0 fully saturated rings. The Balaban J connectivity index is 1.99. The molecule has 3 aromatic carbocycles. The zero-order valence-corrected chi connectivity index (χ0v) is 29.3. The summed E-state index contributed by atoms with van der Waals surface area (Å²) in [5.41, 5.74) is 0.214. The van der Waals surface area contributed by atoms with Gasteiger partial charge >= 0.3 is 12.1 Å². The molecule has 0 saturated heterocycles. The molecule has 17 heteroatoms. The minimum Gasteiger partial charge on any atom is -0.497 e. The predicted octanol–water partition coefficient (Wildman–Crippen LogP) is 6.45. The summed E-state index contributed by atoms with van der Waals surface area (Å²) in [6, 6.07) is 11.5. The molecule has 0 aromatic heterocycles. The fourth-order valence-corrected chi connectivity index (χ4v) is 5.38. The number of halogens is 8. The number of benzene rings is 3. The molecule has 3 amide bonds. The van der Waals surface area contributed by atoms with Crippen molar-refractivity contribution in [3.8, 4) is 5.75 Å². The predicted molar refractivity (Wildman–Crippen MR) is 179 cm³/mol. The zero-order chi connectivity index (χ0) is 39.0. The van der Waals surface area contributed by atoms with Crippen molar-refractivity contribution in [1.82, 2.24) is 16.0 Å². The third-order valence-corrected chi connectivity index (χ3v) is 8.35. The number of rotatable bonds is 16. The Morgan fingerprint density at radius 2 is 1.52 bits per heavy atom. The van der Waals surface area contributed by atoms with E-state index in [4.69, 9.17) is 27.9 Å². The van der Waals surface area contributed by atoms with E-state index in [1.165, 1.54) is 75.6 Å². The van der Waals surface area contributed by atoms with Crippen molar-refractivity contribution in [3.05, 3.63) is 99.3 Å². The number of ketones is 2. The number of ether oxygens (including phenoxy) is 1. The average molecular weight is 777 g/mol. The minimum atomic E-state index is -5.04. The lowest BCUT2D eigenvalue weighted by atomic mass is 9.82. The Morgan fingerprint density at radius 1 is 0.865 bits per heavy atom. The van der Waals surface area contributed by atoms with E-state index in [9.17, 15) is 50.3 Å². The highest BCUT2D eigenvalue weighted by atomic mass is 35.5. The number of methoxy groups -OCH3 is 1. The van der Waals surface area contributed by atoms with Gasteiger partial charge in [0, 0.05) is 23.8 Å². The van der Waals surface area contributed by atoms with E-state index in [2.05, 4.69) is 10.6 Å². The topological polar surface area (TPSA) is 131 Å². The molecule has 0 unspecified atom stereocenters. The Kier molecular flexibility index (Phi) is 14.2. The molecule has 0 radical (unpaired) electrons. The summed E-state index contributed by atoms with van der Waals surface area (Å²) >= 11 is 12.2. The summed E-state index contributed by atoms with van der Waals surface area (Å²) in [6.07, 6.45) is -6.35. The summed E-state index contributed by atoms with van der Waals surface area (Å²) < 4.78 is 86.8. The van der Waals surface area contributed by atoms with Crippen molar-refractivity contribution in [2.45, 2.75) is 50.9 Å². The molecule has 0 aliphatic rings. The van der Waals surface area contributed by atoms with Crippen LogP contribution in [0.2, 0.25) is 10.0 Å². The number of alkyl halides is 5. The van der Waals surface area contributed by atoms with E-state index in [1.54, 1.807) is 0 Å². The fourth-order valence-electron chi connectivity index (χ4n) is 5.01. The van der Waals surface area contributed by atoms with Crippen LogP contribution in [0, 0.1) is 17.7 Å². The van der Waals surface area contributed by atoms with Gasteiger partial charge in [0.15, 0.2) is 5.78 Å². The standard InChI is InChI=1S/C35H33Cl2F6N3O6/c1-18(2)24(30(48)35(42,43)33(51)44-17-34(39,40)41)16-28(47)29(20-7-10-23(52-3)11-8-20)46-32(50)27(14-19-5-4-6-22(38)13-19)45-31(49)25-15-21(36)9-12-26(25)37/h4-13,15,18,24,27,29H,14,16-17H2,1-3H3,(H,44,51)(H,45,49)(H,46,50)/t24-,27-,29-/m0/s1. The summed E-state index contributed by atoms with van der Waals surface area (Å²) in [7, 11) is 1.36. The van der Waals surface area contributed by atoms with E-state index in [1.807, 2.05) is 0 Å².